The van der Waals surface area contributed by atoms with E-state index in [0.29, 0.717) is 16.1 Å². The van der Waals surface area contributed by atoms with E-state index >= 15 is 0 Å². The normalized spacial score (nSPS) is 11.5. The van der Waals surface area contributed by atoms with E-state index in [2.05, 4.69) is 31.2 Å². The summed E-state index contributed by atoms with van der Waals surface area (Å²) in [6.45, 7) is 8.06. The summed E-state index contributed by atoms with van der Waals surface area (Å²) in [5, 5.41) is 3.15. The largest absolute Gasteiger partial charge is 0.340 e. The summed E-state index contributed by atoms with van der Waals surface area (Å²) in [6.07, 6.45) is 0. The lowest BCUT2D eigenvalue weighted by Gasteiger charge is -2.18. The number of aryl methyl sites for hydroxylation is 1. The standard InChI is InChI=1S/C15H17BrFN3/c1-9-5-6-10(17)7-11(9)18-13-8-12(16)19-14(20-13)15(2,3)4/h5-8H,1-4H3,(H,18,19,20). The molecule has 0 fully saturated rings. The Morgan fingerprint density at radius 1 is 1.15 bits per heavy atom. The van der Waals surface area contributed by atoms with Crippen molar-refractivity contribution in [1.82, 2.24) is 9.97 Å². The van der Waals surface area contributed by atoms with Crippen LogP contribution in [0.3, 0.4) is 0 Å². The summed E-state index contributed by atoms with van der Waals surface area (Å²) in [6, 6.07) is 6.41. The highest BCUT2D eigenvalue weighted by Gasteiger charge is 2.19. The first-order valence-electron chi connectivity index (χ1n) is 6.34. The van der Waals surface area contributed by atoms with Gasteiger partial charge in [0.05, 0.1) is 0 Å². The van der Waals surface area contributed by atoms with E-state index in [1.165, 1.54) is 12.1 Å². The van der Waals surface area contributed by atoms with Crippen molar-refractivity contribution >= 4 is 27.4 Å². The van der Waals surface area contributed by atoms with E-state index < -0.39 is 0 Å². The number of hydrogen-bond acceptors (Lipinski definition) is 3. The fraction of sp³-hybridized carbons (Fsp3) is 0.333. The number of aromatic nitrogens is 2. The lowest BCUT2D eigenvalue weighted by molar-refractivity contribution is 0.544. The zero-order valence-corrected chi connectivity index (χ0v) is 13.5. The highest BCUT2D eigenvalue weighted by molar-refractivity contribution is 9.10. The zero-order valence-electron chi connectivity index (χ0n) is 12.0. The van der Waals surface area contributed by atoms with Crippen LogP contribution < -0.4 is 5.32 Å². The Morgan fingerprint density at radius 2 is 1.85 bits per heavy atom. The molecule has 0 aliphatic rings. The molecule has 0 atom stereocenters. The molecule has 0 radical (unpaired) electrons. The number of hydrogen-bond donors (Lipinski definition) is 1. The van der Waals surface area contributed by atoms with Crippen molar-refractivity contribution in [3.63, 3.8) is 0 Å². The SMILES string of the molecule is Cc1ccc(F)cc1Nc1cc(Br)nc(C(C)(C)C)n1. The number of nitrogens with zero attached hydrogens (tertiary/aromatic N) is 2. The number of nitrogens with one attached hydrogen (secondary N) is 1. The predicted octanol–water partition coefficient (Wildman–Crippen LogP) is 4.73. The second-order valence-corrected chi connectivity index (χ2v) is 6.55. The van der Waals surface area contributed by atoms with Gasteiger partial charge in [0.2, 0.25) is 0 Å². The minimum absolute atomic E-state index is 0.156. The first-order chi connectivity index (χ1) is 9.25. The van der Waals surface area contributed by atoms with E-state index in [1.807, 2.05) is 27.7 Å². The summed E-state index contributed by atoms with van der Waals surface area (Å²) in [7, 11) is 0. The van der Waals surface area contributed by atoms with Gasteiger partial charge in [0.25, 0.3) is 0 Å². The monoisotopic (exact) mass is 337 g/mol. The zero-order chi connectivity index (χ0) is 14.9. The molecule has 1 aromatic carbocycles. The molecular formula is C15H17BrFN3. The molecule has 1 N–H and O–H groups in total. The third-order valence-corrected chi connectivity index (χ3v) is 3.23. The minimum Gasteiger partial charge on any atom is -0.340 e. The first kappa shape index (κ1) is 14.9. The third kappa shape index (κ3) is 3.54. The quantitative estimate of drug-likeness (QED) is 0.805. The molecule has 0 spiro atoms. The smallest absolute Gasteiger partial charge is 0.137 e. The predicted molar refractivity (Wildman–Crippen MR) is 82.9 cm³/mol. The molecule has 0 aliphatic heterocycles. The van der Waals surface area contributed by atoms with E-state index in [9.17, 15) is 4.39 Å². The molecule has 2 aromatic rings. The second kappa shape index (κ2) is 5.48. The third-order valence-electron chi connectivity index (χ3n) is 2.83. The van der Waals surface area contributed by atoms with Crippen LogP contribution in [0, 0.1) is 12.7 Å². The van der Waals surface area contributed by atoms with E-state index in [-0.39, 0.29) is 11.2 Å². The topological polar surface area (TPSA) is 37.8 Å². The van der Waals surface area contributed by atoms with Gasteiger partial charge >= 0.3 is 0 Å². The van der Waals surface area contributed by atoms with Crippen molar-refractivity contribution in [2.75, 3.05) is 5.32 Å². The molecule has 0 saturated carbocycles. The lowest BCUT2D eigenvalue weighted by Crippen LogP contribution is -2.17. The fourth-order valence-corrected chi connectivity index (χ4v) is 2.07. The Balaban J connectivity index is 2.39. The van der Waals surface area contributed by atoms with Crippen molar-refractivity contribution in [2.45, 2.75) is 33.1 Å². The summed E-state index contributed by atoms with van der Waals surface area (Å²) in [4.78, 5) is 8.87. The van der Waals surface area contributed by atoms with Gasteiger partial charge in [-0.3, -0.25) is 0 Å². The maximum atomic E-state index is 13.3. The molecule has 20 heavy (non-hydrogen) atoms. The van der Waals surface area contributed by atoms with E-state index in [0.717, 1.165) is 11.4 Å². The highest BCUT2D eigenvalue weighted by Crippen LogP contribution is 2.25. The summed E-state index contributed by atoms with van der Waals surface area (Å²) in [5.74, 6) is 1.09. The van der Waals surface area contributed by atoms with Gasteiger partial charge in [-0.05, 0) is 40.5 Å². The van der Waals surface area contributed by atoms with Gasteiger partial charge < -0.3 is 5.32 Å². The van der Waals surface area contributed by atoms with Crippen LogP contribution in [0.1, 0.15) is 32.2 Å². The number of anilines is 2. The molecule has 3 nitrogen and oxygen atoms in total. The Labute approximate surface area is 126 Å². The summed E-state index contributed by atoms with van der Waals surface area (Å²) in [5.41, 5.74) is 1.51. The Bertz CT molecular complexity index is 636. The average Bonchev–Trinajstić information content (AvgIpc) is 2.32. The Hall–Kier alpha value is -1.49. The Kier molecular flexibility index (Phi) is 4.09. The van der Waals surface area contributed by atoms with E-state index in [4.69, 9.17) is 0 Å². The average molecular weight is 338 g/mol. The van der Waals surface area contributed by atoms with Gasteiger partial charge in [-0.25, -0.2) is 14.4 Å². The van der Waals surface area contributed by atoms with Gasteiger partial charge in [-0.1, -0.05) is 26.8 Å². The van der Waals surface area contributed by atoms with Gasteiger partial charge in [-0.15, -0.1) is 0 Å². The maximum absolute atomic E-state index is 13.3. The van der Waals surface area contributed by atoms with Crippen molar-refractivity contribution in [2.24, 2.45) is 0 Å². The van der Waals surface area contributed by atoms with Crippen molar-refractivity contribution in [1.29, 1.82) is 0 Å². The molecule has 5 heteroatoms. The van der Waals surface area contributed by atoms with E-state index in [1.54, 1.807) is 12.1 Å². The van der Waals surface area contributed by atoms with Gasteiger partial charge in [0, 0.05) is 17.2 Å². The minimum atomic E-state index is -0.276. The van der Waals surface area contributed by atoms with Gasteiger partial charge in [-0.2, -0.15) is 0 Å². The molecule has 1 aromatic heterocycles. The second-order valence-electron chi connectivity index (χ2n) is 5.73. The van der Waals surface area contributed by atoms with Crippen molar-refractivity contribution in [3.8, 4) is 0 Å². The van der Waals surface area contributed by atoms with Crippen LogP contribution in [0.5, 0.6) is 0 Å². The van der Waals surface area contributed by atoms with Crippen LogP contribution in [-0.4, -0.2) is 9.97 Å². The molecule has 106 valence electrons. The van der Waals surface area contributed by atoms with Gasteiger partial charge in [0.15, 0.2) is 0 Å². The van der Waals surface area contributed by atoms with Crippen LogP contribution in [0.15, 0.2) is 28.9 Å². The highest BCUT2D eigenvalue weighted by atomic mass is 79.9. The molecule has 0 aliphatic carbocycles. The molecule has 1 heterocycles. The number of rotatable bonds is 2. The molecular weight excluding hydrogens is 321 g/mol. The van der Waals surface area contributed by atoms with Crippen molar-refractivity contribution < 1.29 is 4.39 Å². The van der Waals surface area contributed by atoms with Crippen LogP contribution in [0.4, 0.5) is 15.9 Å². The lowest BCUT2D eigenvalue weighted by atomic mass is 9.96. The summed E-state index contributed by atoms with van der Waals surface area (Å²) >= 11 is 3.39. The van der Waals surface area contributed by atoms with Gasteiger partial charge in [0.1, 0.15) is 22.1 Å². The number of benzene rings is 1. The molecule has 0 amide bonds. The molecule has 0 unspecified atom stereocenters. The first-order valence-corrected chi connectivity index (χ1v) is 7.13. The maximum Gasteiger partial charge on any atom is 0.137 e. The molecule has 0 saturated heterocycles. The van der Waals surface area contributed by atoms with Crippen molar-refractivity contribution in [3.05, 3.63) is 46.1 Å². The van der Waals surface area contributed by atoms with Crippen LogP contribution in [0.25, 0.3) is 0 Å². The molecule has 0 bridgehead atoms. The van der Waals surface area contributed by atoms with Crippen LogP contribution in [-0.2, 0) is 5.41 Å². The fourth-order valence-electron chi connectivity index (χ4n) is 1.68. The number of halogens is 2. The summed E-state index contributed by atoms with van der Waals surface area (Å²) < 4.78 is 14.0. The van der Waals surface area contributed by atoms with Crippen LogP contribution in [0.2, 0.25) is 0 Å². The van der Waals surface area contributed by atoms with Crippen LogP contribution >= 0.6 is 15.9 Å². The molecule has 2 rings (SSSR count). The Morgan fingerprint density at radius 3 is 2.50 bits per heavy atom.